The van der Waals surface area contributed by atoms with E-state index in [2.05, 4.69) is 74.6 Å². The standard InChI is InChI=1S/C71H129NO8/c1-6-8-10-12-14-16-18-20-22-24-26-28-30-32-33-34-35-36-38-39-41-43-45-47-49-51-53-55-57-59-61-68(73)78-65-67(66-79-71(70(75)76)77-64-63-72(3,4)5)80-69(74)62-60-58-56-54-52-50-48-46-44-42-40-37-31-29-27-25-23-21-19-17-15-13-11-9-7-2/h9,11,15,17,21,23,27,29,37,40,67,71H,6-8,10,12-14,16,18-20,22,24-26,28,30-36,38-39,41-66H2,1-5H3/b11-9-,17-15-,23-21-,29-27-,40-37-. The molecule has 0 rings (SSSR count). The molecule has 0 N–H and O–H groups in total. The molecular weight excluding hydrogens is 995 g/mol. The molecule has 0 aromatic rings. The number of carbonyl (C=O) groups excluding carboxylic acids is 3. The lowest BCUT2D eigenvalue weighted by Gasteiger charge is -2.26. The number of likely N-dealkylation sites (N-methyl/N-ethyl adjacent to an activating group) is 1. The van der Waals surface area contributed by atoms with Crippen LogP contribution in [-0.2, 0) is 33.3 Å². The van der Waals surface area contributed by atoms with Crippen molar-refractivity contribution in [3.63, 3.8) is 0 Å². The normalized spacial score (nSPS) is 13.1. The number of hydrogen-bond acceptors (Lipinski definition) is 8. The van der Waals surface area contributed by atoms with Crippen LogP contribution in [0.25, 0.3) is 0 Å². The average Bonchev–Trinajstić information content (AvgIpc) is 3.43. The van der Waals surface area contributed by atoms with E-state index < -0.39 is 24.3 Å². The summed E-state index contributed by atoms with van der Waals surface area (Å²) in [5, 5.41) is 11.8. The molecule has 0 aromatic carbocycles. The van der Waals surface area contributed by atoms with Crippen LogP contribution in [0.5, 0.6) is 0 Å². The van der Waals surface area contributed by atoms with Crippen LogP contribution in [-0.4, -0.2) is 82.3 Å². The van der Waals surface area contributed by atoms with E-state index >= 15 is 0 Å². The summed E-state index contributed by atoms with van der Waals surface area (Å²) in [5.74, 6) is -2.28. The van der Waals surface area contributed by atoms with Crippen molar-refractivity contribution in [3.05, 3.63) is 60.8 Å². The van der Waals surface area contributed by atoms with Gasteiger partial charge in [-0.2, -0.15) is 0 Å². The van der Waals surface area contributed by atoms with Crippen molar-refractivity contribution in [3.8, 4) is 0 Å². The summed E-state index contributed by atoms with van der Waals surface area (Å²) in [6.07, 6.45) is 77.3. The molecule has 0 aliphatic rings. The molecule has 0 amide bonds. The first kappa shape index (κ1) is 77.0. The summed E-state index contributed by atoms with van der Waals surface area (Å²) in [6.45, 7) is 4.67. The van der Waals surface area contributed by atoms with E-state index in [1.807, 2.05) is 21.1 Å². The Morgan fingerprint density at radius 3 is 1.06 bits per heavy atom. The van der Waals surface area contributed by atoms with E-state index in [0.29, 0.717) is 23.9 Å². The minimum Gasteiger partial charge on any atom is -0.545 e. The Labute approximate surface area is 495 Å². The molecule has 0 saturated heterocycles. The van der Waals surface area contributed by atoms with Crippen molar-refractivity contribution < 1.29 is 42.9 Å². The van der Waals surface area contributed by atoms with Gasteiger partial charge in [-0.15, -0.1) is 0 Å². The van der Waals surface area contributed by atoms with Crippen LogP contribution in [0.4, 0.5) is 0 Å². The Hall–Kier alpha value is -3.01. The van der Waals surface area contributed by atoms with E-state index in [4.69, 9.17) is 18.9 Å². The lowest BCUT2D eigenvalue weighted by molar-refractivity contribution is -0.870. The molecule has 0 radical (unpaired) electrons. The van der Waals surface area contributed by atoms with Gasteiger partial charge in [-0.25, -0.2) is 0 Å². The molecule has 0 fully saturated rings. The average molecular weight is 1120 g/mol. The summed E-state index contributed by atoms with van der Waals surface area (Å²) in [6, 6.07) is 0. The fourth-order valence-corrected chi connectivity index (χ4v) is 9.86. The molecule has 0 aromatic heterocycles. The predicted molar refractivity (Wildman–Crippen MR) is 338 cm³/mol. The van der Waals surface area contributed by atoms with Gasteiger partial charge in [-0.3, -0.25) is 9.59 Å². The van der Waals surface area contributed by atoms with Gasteiger partial charge in [-0.1, -0.05) is 306 Å². The number of allylic oxidation sites excluding steroid dienone is 10. The van der Waals surface area contributed by atoms with Crippen LogP contribution in [0, 0.1) is 0 Å². The Morgan fingerprint density at radius 2 is 0.713 bits per heavy atom. The SMILES string of the molecule is CC/C=C\C/C=C\C/C=C\C/C=C\C/C=C\CCCCCCCCCCCC(=O)OC(COC(=O)CCCCCCCCCCCCCCCCCCCCCCCCCCCCCCCC)COC(OCC[N+](C)(C)C)C(=O)[O-]. The molecule has 80 heavy (non-hydrogen) atoms. The van der Waals surface area contributed by atoms with Gasteiger partial charge in [0.05, 0.1) is 40.3 Å². The highest BCUT2D eigenvalue weighted by Crippen LogP contribution is 2.18. The van der Waals surface area contributed by atoms with Gasteiger partial charge in [0.25, 0.3) is 0 Å². The van der Waals surface area contributed by atoms with Crippen LogP contribution >= 0.6 is 0 Å². The quantitative estimate of drug-likeness (QED) is 0.0195. The number of unbranched alkanes of at least 4 members (excludes halogenated alkanes) is 38. The number of carboxylic acids is 1. The number of nitrogens with zero attached hydrogens (tertiary/aromatic N) is 1. The van der Waals surface area contributed by atoms with Crippen molar-refractivity contribution in [2.75, 3.05) is 47.5 Å². The fraction of sp³-hybridized carbons (Fsp3) is 0.817. The molecule has 466 valence electrons. The zero-order chi connectivity index (χ0) is 58.3. The molecule has 0 heterocycles. The van der Waals surface area contributed by atoms with Gasteiger partial charge in [0, 0.05) is 12.8 Å². The molecule has 0 bridgehead atoms. The second-order valence-electron chi connectivity index (χ2n) is 24.1. The second-order valence-corrected chi connectivity index (χ2v) is 24.1. The summed E-state index contributed by atoms with van der Waals surface area (Å²) >= 11 is 0. The summed E-state index contributed by atoms with van der Waals surface area (Å²) < 4.78 is 22.8. The van der Waals surface area contributed by atoms with Gasteiger partial charge in [-0.05, 0) is 57.8 Å². The van der Waals surface area contributed by atoms with Crippen molar-refractivity contribution in [2.45, 2.75) is 328 Å². The Bertz CT molecular complexity index is 1500. The highest BCUT2D eigenvalue weighted by atomic mass is 16.7. The number of aliphatic carboxylic acids is 1. The lowest BCUT2D eigenvalue weighted by atomic mass is 10.0. The minimum atomic E-state index is -1.62. The first-order valence-electron chi connectivity index (χ1n) is 33.9. The van der Waals surface area contributed by atoms with Crippen LogP contribution < -0.4 is 5.11 Å². The minimum absolute atomic E-state index is 0.146. The molecule has 0 aliphatic heterocycles. The first-order valence-corrected chi connectivity index (χ1v) is 33.9. The van der Waals surface area contributed by atoms with E-state index in [1.165, 1.54) is 205 Å². The zero-order valence-electron chi connectivity index (χ0n) is 53.2. The van der Waals surface area contributed by atoms with Crippen molar-refractivity contribution in [2.24, 2.45) is 0 Å². The lowest BCUT2D eigenvalue weighted by Crippen LogP contribution is -2.44. The van der Waals surface area contributed by atoms with Crippen LogP contribution in [0.1, 0.15) is 316 Å². The largest absolute Gasteiger partial charge is 0.545 e. The molecule has 2 atom stereocenters. The molecule has 0 spiro atoms. The monoisotopic (exact) mass is 1120 g/mol. The third kappa shape index (κ3) is 62.6. The third-order valence-corrected chi connectivity index (χ3v) is 15.0. The van der Waals surface area contributed by atoms with Crippen molar-refractivity contribution in [1.82, 2.24) is 0 Å². The molecule has 9 heteroatoms. The van der Waals surface area contributed by atoms with Gasteiger partial charge < -0.3 is 33.3 Å². The maximum absolute atomic E-state index is 12.9. The third-order valence-electron chi connectivity index (χ3n) is 15.0. The number of carboxylic acid groups (broad SMARTS) is 1. The van der Waals surface area contributed by atoms with Crippen LogP contribution in [0.15, 0.2) is 60.8 Å². The maximum atomic E-state index is 12.9. The maximum Gasteiger partial charge on any atom is 0.306 e. The van der Waals surface area contributed by atoms with E-state index in [1.54, 1.807) is 0 Å². The Kier molecular flexibility index (Phi) is 59.7. The van der Waals surface area contributed by atoms with Crippen molar-refractivity contribution >= 4 is 17.9 Å². The number of hydrogen-bond donors (Lipinski definition) is 0. The topological polar surface area (TPSA) is 111 Å². The smallest absolute Gasteiger partial charge is 0.306 e. The number of quaternary nitrogens is 1. The number of rotatable bonds is 63. The highest BCUT2D eigenvalue weighted by Gasteiger charge is 2.22. The summed E-state index contributed by atoms with van der Waals surface area (Å²) in [4.78, 5) is 37.4. The molecule has 2 unspecified atom stereocenters. The fourth-order valence-electron chi connectivity index (χ4n) is 9.86. The molecule has 0 saturated carbocycles. The molecular formula is C71H129NO8. The van der Waals surface area contributed by atoms with E-state index in [9.17, 15) is 19.5 Å². The number of carbonyl (C=O) groups is 3. The molecule has 0 aliphatic carbocycles. The van der Waals surface area contributed by atoms with Gasteiger partial charge in [0.2, 0.25) is 0 Å². The number of ether oxygens (including phenoxy) is 4. The van der Waals surface area contributed by atoms with Gasteiger partial charge in [0.1, 0.15) is 13.2 Å². The Morgan fingerprint density at radius 1 is 0.388 bits per heavy atom. The summed E-state index contributed by atoms with van der Waals surface area (Å²) in [5.41, 5.74) is 0. The van der Waals surface area contributed by atoms with E-state index in [0.717, 1.165) is 77.0 Å². The second kappa shape index (κ2) is 62.0. The zero-order valence-corrected chi connectivity index (χ0v) is 53.2. The highest BCUT2D eigenvalue weighted by molar-refractivity contribution is 5.70. The van der Waals surface area contributed by atoms with Crippen LogP contribution in [0.3, 0.4) is 0 Å². The van der Waals surface area contributed by atoms with Gasteiger partial charge >= 0.3 is 11.9 Å². The number of esters is 2. The van der Waals surface area contributed by atoms with E-state index in [-0.39, 0.29) is 32.2 Å². The summed E-state index contributed by atoms with van der Waals surface area (Å²) in [7, 11) is 5.93. The first-order chi connectivity index (χ1) is 39.1. The van der Waals surface area contributed by atoms with Crippen molar-refractivity contribution in [1.29, 1.82) is 0 Å². The Balaban J connectivity index is 4.11. The predicted octanol–water partition coefficient (Wildman–Crippen LogP) is 19.4. The van der Waals surface area contributed by atoms with Crippen LogP contribution in [0.2, 0.25) is 0 Å². The van der Waals surface area contributed by atoms with Gasteiger partial charge in [0.15, 0.2) is 12.4 Å². The molecule has 9 nitrogen and oxygen atoms in total.